The molecule has 3 rings (SSSR count). The number of hydrogen-bond donors (Lipinski definition) is 1. The lowest BCUT2D eigenvalue weighted by molar-refractivity contribution is 0.102. The van der Waals surface area contributed by atoms with Crippen LogP contribution in [0, 0.1) is 0 Å². The Labute approximate surface area is 125 Å². The molecule has 0 saturated carbocycles. The topological polar surface area (TPSA) is 95.1 Å². The fraction of sp³-hybridized carbons (Fsp3) is 0.143. The number of nitrogens with zero attached hydrogens (tertiary/aromatic N) is 4. The zero-order chi connectivity index (χ0) is 15.5. The van der Waals surface area contributed by atoms with Crippen molar-refractivity contribution in [2.45, 2.75) is 0 Å². The third-order valence-electron chi connectivity index (χ3n) is 2.93. The first-order valence-electron chi connectivity index (χ1n) is 6.44. The van der Waals surface area contributed by atoms with Crippen molar-refractivity contribution >= 4 is 11.9 Å². The molecule has 3 aromatic rings. The van der Waals surface area contributed by atoms with Gasteiger partial charge in [0, 0.05) is 18.8 Å². The monoisotopic (exact) mass is 299 g/mol. The van der Waals surface area contributed by atoms with Crippen LogP contribution in [0.15, 0.2) is 40.9 Å². The molecule has 0 saturated heterocycles. The van der Waals surface area contributed by atoms with Gasteiger partial charge in [-0.2, -0.15) is 5.10 Å². The standard InChI is InChI=1S/C14H13N5O3/c1-19-8-7-11(18-19)13-16-17-14(22-13)15-12(20)9-3-5-10(21-2)6-4-9/h3-8H,1-2H3,(H,15,17,20). The van der Waals surface area contributed by atoms with E-state index in [1.165, 1.54) is 0 Å². The van der Waals surface area contributed by atoms with Crippen LogP contribution in [0.3, 0.4) is 0 Å². The van der Waals surface area contributed by atoms with Crippen molar-refractivity contribution in [2.24, 2.45) is 7.05 Å². The van der Waals surface area contributed by atoms with Gasteiger partial charge in [-0.3, -0.25) is 14.8 Å². The van der Waals surface area contributed by atoms with Crippen LogP contribution < -0.4 is 10.1 Å². The molecule has 1 N–H and O–H groups in total. The Balaban J connectivity index is 1.72. The third-order valence-corrected chi connectivity index (χ3v) is 2.93. The first-order valence-corrected chi connectivity index (χ1v) is 6.44. The summed E-state index contributed by atoms with van der Waals surface area (Å²) >= 11 is 0. The molecule has 0 aliphatic rings. The molecule has 112 valence electrons. The molecule has 0 bridgehead atoms. The average Bonchev–Trinajstić information content (AvgIpc) is 3.16. The summed E-state index contributed by atoms with van der Waals surface area (Å²) in [7, 11) is 3.35. The second-order valence-electron chi connectivity index (χ2n) is 4.47. The summed E-state index contributed by atoms with van der Waals surface area (Å²) in [5, 5.41) is 14.3. The van der Waals surface area contributed by atoms with Crippen LogP contribution in [0.5, 0.6) is 5.75 Å². The Morgan fingerprint density at radius 2 is 2.00 bits per heavy atom. The molecule has 0 aliphatic carbocycles. The minimum atomic E-state index is -0.348. The summed E-state index contributed by atoms with van der Waals surface area (Å²) in [5.74, 6) is 0.566. The molecule has 8 heteroatoms. The number of benzene rings is 1. The number of amides is 1. The number of nitrogens with one attached hydrogen (secondary N) is 1. The molecule has 0 aliphatic heterocycles. The fourth-order valence-electron chi connectivity index (χ4n) is 1.82. The van der Waals surface area contributed by atoms with E-state index in [9.17, 15) is 4.79 Å². The number of ether oxygens (including phenoxy) is 1. The Kier molecular flexibility index (Phi) is 3.57. The van der Waals surface area contributed by atoms with Crippen LogP contribution in [0.4, 0.5) is 6.01 Å². The van der Waals surface area contributed by atoms with Gasteiger partial charge < -0.3 is 9.15 Å². The molecule has 0 spiro atoms. The molecule has 2 aromatic heterocycles. The minimum absolute atomic E-state index is 0.0153. The molecule has 0 unspecified atom stereocenters. The van der Waals surface area contributed by atoms with Gasteiger partial charge in [-0.05, 0) is 30.3 Å². The molecule has 0 radical (unpaired) electrons. The number of rotatable bonds is 4. The predicted molar refractivity (Wildman–Crippen MR) is 77.4 cm³/mol. The number of aryl methyl sites for hydroxylation is 1. The summed E-state index contributed by atoms with van der Waals surface area (Å²) in [5.41, 5.74) is 0.998. The Morgan fingerprint density at radius 1 is 1.23 bits per heavy atom. The highest BCUT2D eigenvalue weighted by Gasteiger charge is 2.14. The van der Waals surface area contributed by atoms with Gasteiger partial charge in [0.05, 0.1) is 7.11 Å². The Morgan fingerprint density at radius 3 is 2.64 bits per heavy atom. The predicted octanol–water partition coefficient (Wildman–Crippen LogP) is 1.73. The molecular weight excluding hydrogens is 286 g/mol. The van der Waals surface area contributed by atoms with Crippen molar-refractivity contribution < 1.29 is 13.9 Å². The van der Waals surface area contributed by atoms with Crippen LogP contribution in [0.25, 0.3) is 11.6 Å². The molecule has 1 aromatic carbocycles. The van der Waals surface area contributed by atoms with Crippen LogP contribution >= 0.6 is 0 Å². The van der Waals surface area contributed by atoms with E-state index in [1.54, 1.807) is 55.4 Å². The number of hydrogen-bond acceptors (Lipinski definition) is 6. The van der Waals surface area contributed by atoms with Crippen molar-refractivity contribution in [3.05, 3.63) is 42.1 Å². The molecular formula is C14H13N5O3. The maximum atomic E-state index is 12.1. The van der Waals surface area contributed by atoms with Gasteiger partial charge in [-0.15, -0.1) is 5.10 Å². The van der Waals surface area contributed by atoms with Gasteiger partial charge in [0.1, 0.15) is 11.4 Å². The van der Waals surface area contributed by atoms with Crippen LogP contribution in [0.1, 0.15) is 10.4 Å². The summed E-state index contributed by atoms with van der Waals surface area (Å²) in [4.78, 5) is 12.1. The normalized spacial score (nSPS) is 10.5. The second-order valence-corrected chi connectivity index (χ2v) is 4.47. The average molecular weight is 299 g/mol. The van der Waals surface area contributed by atoms with E-state index in [0.717, 1.165) is 0 Å². The molecule has 0 atom stereocenters. The zero-order valence-corrected chi connectivity index (χ0v) is 12.0. The van der Waals surface area contributed by atoms with E-state index in [4.69, 9.17) is 9.15 Å². The van der Waals surface area contributed by atoms with Crippen LogP contribution in [-0.2, 0) is 7.05 Å². The molecule has 0 fully saturated rings. The highest BCUT2D eigenvalue weighted by molar-refractivity contribution is 6.03. The number of carbonyl (C=O) groups excluding carboxylic acids is 1. The first kappa shape index (κ1) is 13.8. The number of aromatic nitrogens is 4. The Bertz CT molecular complexity index is 791. The van der Waals surface area contributed by atoms with Crippen LogP contribution in [-0.4, -0.2) is 33.0 Å². The molecule has 2 heterocycles. The first-order chi connectivity index (χ1) is 10.7. The van der Waals surface area contributed by atoms with E-state index in [2.05, 4.69) is 20.6 Å². The van der Waals surface area contributed by atoms with Gasteiger partial charge in [-0.25, -0.2) is 0 Å². The fourth-order valence-corrected chi connectivity index (χ4v) is 1.82. The van der Waals surface area contributed by atoms with E-state index in [1.807, 2.05) is 0 Å². The van der Waals surface area contributed by atoms with Gasteiger partial charge in [0.25, 0.3) is 11.8 Å². The van der Waals surface area contributed by atoms with Crippen molar-refractivity contribution in [3.63, 3.8) is 0 Å². The summed E-state index contributed by atoms with van der Waals surface area (Å²) < 4.78 is 12.0. The third kappa shape index (κ3) is 2.80. The summed E-state index contributed by atoms with van der Waals surface area (Å²) in [6.07, 6.45) is 1.76. The van der Waals surface area contributed by atoms with Gasteiger partial charge in [0.15, 0.2) is 0 Å². The van der Waals surface area contributed by atoms with Gasteiger partial charge >= 0.3 is 6.01 Å². The maximum Gasteiger partial charge on any atom is 0.322 e. The number of methoxy groups -OCH3 is 1. The summed E-state index contributed by atoms with van der Waals surface area (Å²) in [6.45, 7) is 0. The summed E-state index contributed by atoms with van der Waals surface area (Å²) in [6, 6.07) is 8.43. The lowest BCUT2D eigenvalue weighted by atomic mass is 10.2. The smallest absolute Gasteiger partial charge is 0.322 e. The van der Waals surface area contributed by atoms with Crippen molar-refractivity contribution in [3.8, 4) is 17.3 Å². The lowest BCUT2D eigenvalue weighted by Gasteiger charge is -2.02. The van der Waals surface area contributed by atoms with Crippen molar-refractivity contribution in [2.75, 3.05) is 12.4 Å². The SMILES string of the molecule is COc1ccc(C(=O)Nc2nnc(-c3ccn(C)n3)o2)cc1. The lowest BCUT2D eigenvalue weighted by Crippen LogP contribution is -2.11. The van der Waals surface area contributed by atoms with E-state index >= 15 is 0 Å². The molecule has 8 nitrogen and oxygen atoms in total. The zero-order valence-electron chi connectivity index (χ0n) is 12.0. The van der Waals surface area contributed by atoms with Crippen molar-refractivity contribution in [1.82, 2.24) is 20.0 Å². The maximum absolute atomic E-state index is 12.1. The van der Waals surface area contributed by atoms with E-state index < -0.39 is 0 Å². The molecule has 22 heavy (non-hydrogen) atoms. The van der Waals surface area contributed by atoms with Crippen molar-refractivity contribution in [1.29, 1.82) is 0 Å². The second kappa shape index (κ2) is 5.68. The minimum Gasteiger partial charge on any atom is -0.497 e. The number of anilines is 1. The highest BCUT2D eigenvalue weighted by atomic mass is 16.5. The van der Waals surface area contributed by atoms with E-state index in [-0.39, 0.29) is 17.8 Å². The number of carbonyl (C=O) groups is 1. The van der Waals surface area contributed by atoms with Gasteiger partial charge in [-0.1, -0.05) is 5.10 Å². The quantitative estimate of drug-likeness (QED) is 0.788. The molecule has 1 amide bonds. The van der Waals surface area contributed by atoms with Crippen LogP contribution in [0.2, 0.25) is 0 Å². The largest absolute Gasteiger partial charge is 0.497 e. The van der Waals surface area contributed by atoms with Gasteiger partial charge in [0.2, 0.25) is 0 Å². The Hall–Kier alpha value is -3.16. The highest BCUT2D eigenvalue weighted by Crippen LogP contribution is 2.18. The van der Waals surface area contributed by atoms with E-state index in [0.29, 0.717) is 17.0 Å².